The van der Waals surface area contributed by atoms with Crippen LogP contribution in [-0.4, -0.2) is 21.8 Å². The summed E-state index contributed by atoms with van der Waals surface area (Å²) in [4.78, 5) is 31.6. The number of nitrogens with zero attached hydrogens (tertiary/aromatic N) is 2. The third-order valence-electron chi connectivity index (χ3n) is 5.00. The number of anilines is 1. The van der Waals surface area contributed by atoms with Gasteiger partial charge in [-0.3, -0.25) is 19.5 Å². The van der Waals surface area contributed by atoms with Gasteiger partial charge in [-0.25, -0.2) is 0 Å². The second-order valence-corrected chi connectivity index (χ2v) is 8.19. The molecule has 4 rings (SSSR count). The van der Waals surface area contributed by atoms with Gasteiger partial charge in [0.1, 0.15) is 5.76 Å². The number of aliphatic hydroxyl groups is 1. The summed E-state index contributed by atoms with van der Waals surface area (Å²) in [7, 11) is 0. The van der Waals surface area contributed by atoms with Gasteiger partial charge in [-0.2, -0.15) is 0 Å². The fraction of sp³-hybridized carbons (Fsp3) is 0.0870. The van der Waals surface area contributed by atoms with Crippen molar-refractivity contribution in [3.05, 3.63) is 98.7 Å². The summed E-state index contributed by atoms with van der Waals surface area (Å²) in [6.07, 6.45) is 3.19. The van der Waals surface area contributed by atoms with E-state index in [2.05, 4.69) is 20.9 Å². The molecular formula is C23H16BrClN2O3. The molecule has 0 spiro atoms. The lowest BCUT2D eigenvalue weighted by molar-refractivity contribution is -0.132. The van der Waals surface area contributed by atoms with Gasteiger partial charge in [-0.05, 0) is 60.5 Å². The molecule has 1 N–H and O–H groups in total. The van der Waals surface area contributed by atoms with Crippen molar-refractivity contribution in [1.82, 2.24) is 4.98 Å². The summed E-state index contributed by atoms with van der Waals surface area (Å²) in [6, 6.07) is 14.5. The van der Waals surface area contributed by atoms with Crippen LogP contribution in [0.4, 0.5) is 5.69 Å². The number of rotatable bonds is 3. The number of carbonyl (C=O) groups is 2. The zero-order valence-electron chi connectivity index (χ0n) is 15.8. The monoisotopic (exact) mass is 482 g/mol. The summed E-state index contributed by atoms with van der Waals surface area (Å²) in [5.41, 5.74) is 2.56. The van der Waals surface area contributed by atoms with Crippen molar-refractivity contribution < 1.29 is 14.7 Å². The average molecular weight is 484 g/mol. The van der Waals surface area contributed by atoms with Crippen LogP contribution in [0.3, 0.4) is 0 Å². The number of halogens is 2. The van der Waals surface area contributed by atoms with Crippen LogP contribution in [0.2, 0.25) is 5.02 Å². The topological polar surface area (TPSA) is 70.5 Å². The number of amides is 1. The van der Waals surface area contributed by atoms with Crippen molar-refractivity contribution in [2.75, 3.05) is 4.90 Å². The van der Waals surface area contributed by atoms with Gasteiger partial charge in [-0.15, -0.1) is 0 Å². The molecule has 5 nitrogen and oxygen atoms in total. The van der Waals surface area contributed by atoms with Gasteiger partial charge >= 0.3 is 0 Å². The first-order chi connectivity index (χ1) is 14.4. The summed E-state index contributed by atoms with van der Waals surface area (Å²) in [5, 5.41) is 11.5. The van der Waals surface area contributed by atoms with Gasteiger partial charge in [0.15, 0.2) is 0 Å². The predicted molar refractivity (Wildman–Crippen MR) is 119 cm³/mol. The molecule has 1 saturated heterocycles. The lowest BCUT2D eigenvalue weighted by atomic mass is 9.96. The Hall–Kier alpha value is -2.96. The first-order valence-electron chi connectivity index (χ1n) is 9.11. The summed E-state index contributed by atoms with van der Waals surface area (Å²) < 4.78 is 0.810. The molecule has 1 amide bonds. The number of aromatic nitrogens is 1. The molecule has 1 aliphatic rings. The minimum Gasteiger partial charge on any atom is -0.507 e. The van der Waals surface area contributed by atoms with Gasteiger partial charge in [0.05, 0.1) is 11.6 Å². The van der Waals surface area contributed by atoms with Crippen LogP contribution in [0.5, 0.6) is 0 Å². The molecule has 1 unspecified atom stereocenters. The van der Waals surface area contributed by atoms with Gasteiger partial charge < -0.3 is 5.11 Å². The van der Waals surface area contributed by atoms with Crippen molar-refractivity contribution in [3.63, 3.8) is 0 Å². The lowest BCUT2D eigenvalue weighted by Gasteiger charge is -2.25. The van der Waals surface area contributed by atoms with Crippen LogP contribution in [0.15, 0.2) is 77.0 Å². The molecular weight excluding hydrogens is 468 g/mol. The Labute approximate surface area is 186 Å². The lowest BCUT2D eigenvalue weighted by Crippen LogP contribution is -2.29. The molecule has 30 heavy (non-hydrogen) atoms. The number of hydrogen-bond acceptors (Lipinski definition) is 4. The zero-order chi connectivity index (χ0) is 21.4. The first kappa shape index (κ1) is 20.3. The molecule has 1 atom stereocenters. The van der Waals surface area contributed by atoms with E-state index >= 15 is 0 Å². The molecule has 2 aromatic carbocycles. The zero-order valence-corrected chi connectivity index (χ0v) is 18.2. The fourth-order valence-electron chi connectivity index (χ4n) is 3.45. The van der Waals surface area contributed by atoms with Gasteiger partial charge in [0.25, 0.3) is 11.7 Å². The number of carbonyl (C=O) groups excluding carboxylic acids is 2. The SMILES string of the molecule is Cc1ccc(N2C(=O)C(=O)C(=C(O)c3ccc(Cl)cc3)C2c2cccnc2)cc1Br. The van der Waals surface area contributed by atoms with Crippen LogP contribution in [0.25, 0.3) is 5.76 Å². The van der Waals surface area contributed by atoms with Gasteiger partial charge in [0.2, 0.25) is 0 Å². The first-order valence-corrected chi connectivity index (χ1v) is 10.3. The highest BCUT2D eigenvalue weighted by molar-refractivity contribution is 9.10. The Balaban J connectivity index is 1.94. The molecule has 1 fully saturated rings. The van der Waals surface area contributed by atoms with Crippen LogP contribution < -0.4 is 4.90 Å². The van der Waals surface area contributed by atoms with E-state index in [1.165, 1.54) is 4.90 Å². The molecule has 0 saturated carbocycles. The van der Waals surface area contributed by atoms with Crippen molar-refractivity contribution in [1.29, 1.82) is 0 Å². The van der Waals surface area contributed by atoms with Crippen molar-refractivity contribution in [2.45, 2.75) is 13.0 Å². The number of aryl methyl sites for hydroxylation is 1. The number of benzene rings is 2. The molecule has 7 heteroatoms. The van der Waals surface area contributed by atoms with E-state index in [1.54, 1.807) is 60.9 Å². The van der Waals surface area contributed by atoms with Crippen LogP contribution >= 0.6 is 27.5 Å². The largest absolute Gasteiger partial charge is 0.507 e. The second kappa shape index (κ2) is 8.05. The van der Waals surface area contributed by atoms with Crippen LogP contribution in [-0.2, 0) is 9.59 Å². The molecule has 0 radical (unpaired) electrons. The van der Waals surface area contributed by atoms with Crippen molar-refractivity contribution in [2.24, 2.45) is 0 Å². The standard InChI is InChI=1S/C23H16BrClN2O3/c1-13-4-9-17(11-18(13)24)27-20(15-3-2-10-26-12-15)19(22(29)23(27)30)21(28)14-5-7-16(25)8-6-14/h2-12,20,28H,1H3. The quantitative estimate of drug-likeness (QED) is 0.306. The molecule has 1 aliphatic heterocycles. The average Bonchev–Trinajstić information content (AvgIpc) is 3.01. The molecule has 2 heterocycles. The number of aliphatic hydroxyl groups excluding tert-OH is 1. The van der Waals surface area contributed by atoms with E-state index in [4.69, 9.17) is 11.6 Å². The van der Waals surface area contributed by atoms with E-state index < -0.39 is 17.7 Å². The second-order valence-electron chi connectivity index (χ2n) is 6.90. The molecule has 150 valence electrons. The Bertz CT molecular complexity index is 1180. The van der Waals surface area contributed by atoms with E-state index in [0.717, 1.165) is 10.0 Å². The summed E-state index contributed by atoms with van der Waals surface area (Å²) in [6.45, 7) is 1.93. The van der Waals surface area contributed by atoms with Crippen LogP contribution in [0, 0.1) is 6.92 Å². The minimum atomic E-state index is -0.816. The fourth-order valence-corrected chi connectivity index (χ4v) is 3.94. The van der Waals surface area contributed by atoms with E-state index in [9.17, 15) is 14.7 Å². The summed E-state index contributed by atoms with van der Waals surface area (Å²) in [5.74, 6) is -1.73. The highest BCUT2D eigenvalue weighted by atomic mass is 79.9. The highest BCUT2D eigenvalue weighted by Crippen LogP contribution is 2.42. The number of hydrogen-bond donors (Lipinski definition) is 1. The Kier molecular flexibility index (Phi) is 5.45. The smallest absolute Gasteiger partial charge is 0.300 e. The maximum Gasteiger partial charge on any atom is 0.300 e. The Morgan fingerprint density at radius 3 is 2.50 bits per heavy atom. The third kappa shape index (κ3) is 3.53. The van der Waals surface area contributed by atoms with Crippen molar-refractivity contribution >= 4 is 50.7 Å². The number of pyridine rings is 1. The third-order valence-corrected chi connectivity index (χ3v) is 6.10. The Morgan fingerprint density at radius 1 is 1.13 bits per heavy atom. The maximum absolute atomic E-state index is 13.1. The van der Waals surface area contributed by atoms with E-state index in [1.807, 2.05) is 13.0 Å². The molecule has 0 bridgehead atoms. The summed E-state index contributed by atoms with van der Waals surface area (Å²) >= 11 is 9.43. The normalized spacial score (nSPS) is 18.1. The van der Waals surface area contributed by atoms with Crippen LogP contribution in [0.1, 0.15) is 22.7 Å². The van der Waals surface area contributed by atoms with Gasteiger partial charge in [0, 0.05) is 33.1 Å². The number of Topliss-reactive ketones (excluding diaryl/α,β-unsaturated/α-hetero) is 1. The molecule has 0 aliphatic carbocycles. The number of ketones is 1. The highest BCUT2D eigenvalue weighted by Gasteiger charge is 2.47. The predicted octanol–water partition coefficient (Wildman–Crippen LogP) is 5.43. The Morgan fingerprint density at radius 2 is 1.87 bits per heavy atom. The molecule has 3 aromatic rings. The van der Waals surface area contributed by atoms with E-state index in [0.29, 0.717) is 21.8 Å². The minimum absolute atomic E-state index is 0.00650. The van der Waals surface area contributed by atoms with Gasteiger partial charge in [-0.1, -0.05) is 39.7 Å². The molecule has 1 aromatic heterocycles. The van der Waals surface area contributed by atoms with Crippen molar-refractivity contribution in [3.8, 4) is 0 Å². The maximum atomic E-state index is 13.1. The van der Waals surface area contributed by atoms with E-state index in [-0.39, 0.29) is 11.3 Å².